The Balaban J connectivity index is 2.26. The van der Waals surface area contributed by atoms with Crippen molar-refractivity contribution in [2.45, 2.75) is 18.3 Å². The Morgan fingerprint density at radius 3 is 3.00 bits per heavy atom. The van der Waals surface area contributed by atoms with Crippen LogP contribution in [0.4, 0.5) is 0 Å². The van der Waals surface area contributed by atoms with Gasteiger partial charge in [-0.25, -0.2) is 4.79 Å². The van der Waals surface area contributed by atoms with Crippen molar-refractivity contribution >= 4 is 17.7 Å². The van der Waals surface area contributed by atoms with Crippen molar-refractivity contribution in [2.75, 3.05) is 12.3 Å². The summed E-state index contributed by atoms with van der Waals surface area (Å²) in [5, 5.41) is 9.16. The lowest BCUT2D eigenvalue weighted by Crippen LogP contribution is -2.64. The summed E-state index contributed by atoms with van der Waals surface area (Å²) in [5.41, 5.74) is 7.17. The van der Waals surface area contributed by atoms with Crippen LogP contribution in [-0.4, -0.2) is 39.7 Å². The van der Waals surface area contributed by atoms with E-state index in [1.807, 2.05) is 11.8 Å². The maximum atomic E-state index is 10.9. The van der Waals surface area contributed by atoms with Gasteiger partial charge in [-0.2, -0.15) is 0 Å². The van der Waals surface area contributed by atoms with Crippen molar-refractivity contribution in [1.82, 2.24) is 4.90 Å². The summed E-state index contributed by atoms with van der Waals surface area (Å²) >= 11 is 1.73. The van der Waals surface area contributed by atoms with E-state index in [-0.39, 0.29) is 11.4 Å². The molecule has 0 spiro atoms. The van der Waals surface area contributed by atoms with Gasteiger partial charge in [-0.05, 0) is 12.5 Å². The van der Waals surface area contributed by atoms with E-state index < -0.39 is 5.97 Å². The van der Waals surface area contributed by atoms with Gasteiger partial charge in [-0.15, -0.1) is 11.8 Å². The van der Waals surface area contributed by atoms with Crippen LogP contribution >= 0.6 is 11.8 Å². The van der Waals surface area contributed by atoms with Crippen LogP contribution in [0.5, 0.6) is 0 Å². The highest BCUT2D eigenvalue weighted by Gasteiger charge is 2.43. The van der Waals surface area contributed by atoms with Crippen molar-refractivity contribution in [3.8, 4) is 0 Å². The fraction of sp³-hybridized carbons (Fsp3) is 0.625. The number of aliphatic carboxylic acids is 1. The number of nitrogens with two attached hydrogens (primary N) is 1. The molecule has 2 rings (SSSR count). The van der Waals surface area contributed by atoms with E-state index in [1.54, 1.807) is 11.8 Å². The van der Waals surface area contributed by atoms with Crippen molar-refractivity contribution in [1.29, 1.82) is 0 Å². The molecule has 72 valence electrons. The van der Waals surface area contributed by atoms with Gasteiger partial charge in [-0.1, -0.05) is 0 Å². The molecule has 0 unspecified atom stereocenters. The lowest BCUT2D eigenvalue weighted by atomic mass is 10.1. The number of hydrogen-bond donors (Lipinski definition) is 2. The third-order valence-electron chi connectivity index (χ3n) is 2.45. The first-order valence-corrected chi connectivity index (χ1v) is 5.23. The molecular weight excluding hydrogens is 188 g/mol. The Morgan fingerprint density at radius 2 is 2.46 bits per heavy atom. The van der Waals surface area contributed by atoms with Gasteiger partial charge in [0.25, 0.3) is 0 Å². The van der Waals surface area contributed by atoms with Crippen molar-refractivity contribution in [3.05, 3.63) is 11.3 Å². The number of thioether (sulfide) groups is 1. The van der Waals surface area contributed by atoms with E-state index in [4.69, 9.17) is 10.8 Å². The first-order chi connectivity index (χ1) is 6.11. The molecule has 0 radical (unpaired) electrons. The lowest BCUT2D eigenvalue weighted by Gasteiger charge is -2.50. The number of hydrogen-bond acceptors (Lipinski definition) is 4. The molecule has 2 aliphatic rings. The molecule has 0 aliphatic carbocycles. The number of carboxylic acid groups (broad SMARTS) is 1. The van der Waals surface area contributed by atoms with Gasteiger partial charge in [0.05, 0.1) is 11.4 Å². The van der Waals surface area contributed by atoms with Crippen LogP contribution in [0.25, 0.3) is 0 Å². The molecule has 1 fully saturated rings. The van der Waals surface area contributed by atoms with Gasteiger partial charge in [0.15, 0.2) is 0 Å². The van der Waals surface area contributed by atoms with E-state index in [0.717, 1.165) is 11.3 Å². The molecule has 5 heteroatoms. The number of rotatable bonds is 1. The molecule has 0 aromatic heterocycles. The number of carboxylic acids is 1. The Morgan fingerprint density at radius 1 is 1.77 bits per heavy atom. The topological polar surface area (TPSA) is 66.6 Å². The van der Waals surface area contributed by atoms with E-state index in [9.17, 15) is 4.79 Å². The summed E-state index contributed by atoms with van der Waals surface area (Å²) in [6.45, 7) is 2.55. The molecule has 1 saturated heterocycles. The second-order valence-electron chi connectivity index (χ2n) is 3.45. The van der Waals surface area contributed by atoms with Crippen LogP contribution in [0.2, 0.25) is 0 Å². The van der Waals surface area contributed by atoms with E-state index >= 15 is 0 Å². The monoisotopic (exact) mass is 200 g/mol. The summed E-state index contributed by atoms with van der Waals surface area (Å²) in [6, 6.07) is 0.132. The quantitative estimate of drug-likeness (QED) is 0.626. The number of nitrogens with zero attached hydrogens (tertiary/aromatic N) is 1. The Hall–Kier alpha value is -0.680. The third kappa shape index (κ3) is 1.23. The predicted molar refractivity (Wildman–Crippen MR) is 51.3 cm³/mol. The highest BCUT2D eigenvalue weighted by atomic mass is 32.2. The van der Waals surface area contributed by atoms with Crippen molar-refractivity contribution < 1.29 is 9.90 Å². The van der Waals surface area contributed by atoms with Gasteiger partial charge in [0.1, 0.15) is 5.70 Å². The van der Waals surface area contributed by atoms with Crippen LogP contribution < -0.4 is 5.73 Å². The van der Waals surface area contributed by atoms with Crippen LogP contribution in [0.15, 0.2) is 11.3 Å². The fourth-order valence-corrected chi connectivity index (χ4v) is 3.04. The minimum absolute atomic E-state index is 0.132. The zero-order chi connectivity index (χ0) is 9.59. The molecule has 0 aromatic carbocycles. The fourth-order valence-electron chi connectivity index (χ4n) is 1.78. The van der Waals surface area contributed by atoms with Crippen molar-refractivity contribution in [3.63, 3.8) is 0 Å². The maximum Gasteiger partial charge on any atom is 0.352 e. The molecule has 3 N–H and O–H groups in total. The average molecular weight is 200 g/mol. The van der Waals surface area contributed by atoms with Crippen LogP contribution in [-0.2, 0) is 4.79 Å². The Bertz CT molecular complexity index is 290. The molecule has 0 saturated carbocycles. The van der Waals surface area contributed by atoms with Gasteiger partial charge >= 0.3 is 5.97 Å². The molecule has 4 nitrogen and oxygen atoms in total. The smallest absolute Gasteiger partial charge is 0.352 e. The average Bonchev–Trinajstić information content (AvgIpc) is 2.02. The van der Waals surface area contributed by atoms with E-state index in [1.165, 1.54) is 0 Å². The summed E-state index contributed by atoms with van der Waals surface area (Å²) < 4.78 is 0. The minimum Gasteiger partial charge on any atom is -0.477 e. The largest absolute Gasteiger partial charge is 0.477 e. The first kappa shape index (κ1) is 8.90. The Kier molecular flexibility index (Phi) is 2.00. The lowest BCUT2D eigenvalue weighted by molar-refractivity contribution is -0.135. The molecule has 0 bridgehead atoms. The first-order valence-electron chi connectivity index (χ1n) is 4.18. The standard InChI is InChI=1S/C8H12N2O2S/c1-4-3-13-7-5(9)2-10(7)6(4)8(11)12/h5,7H,2-3,9H2,1H3,(H,11,12)/t5-,7-/m1/s1. The van der Waals surface area contributed by atoms with Crippen LogP contribution in [0.1, 0.15) is 6.92 Å². The van der Waals surface area contributed by atoms with Gasteiger partial charge in [0, 0.05) is 12.3 Å². The number of fused-ring (bicyclic) bond motifs is 1. The summed E-state index contributed by atoms with van der Waals surface area (Å²) in [6.07, 6.45) is 0. The second kappa shape index (κ2) is 2.92. The van der Waals surface area contributed by atoms with Gasteiger partial charge < -0.3 is 15.7 Å². The molecule has 2 aliphatic heterocycles. The molecule has 2 atom stereocenters. The second-order valence-corrected chi connectivity index (χ2v) is 4.56. The molecule has 13 heavy (non-hydrogen) atoms. The number of carbonyl (C=O) groups is 1. The highest BCUT2D eigenvalue weighted by molar-refractivity contribution is 8.00. The van der Waals surface area contributed by atoms with Crippen LogP contribution in [0, 0.1) is 0 Å². The third-order valence-corrected chi connectivity index (χ3v) is 3.99. The summed E-state index contributed by atoms with van der Waals surface area (Å²) in [5.74, 6) is -0.0362. The summed E-state index contributed by atoms with van der Waals surface area (Å²) in [4.78, 5) is 12.8. The zero-order valence-electron chi connectivity index (χ0n) is 7.36. The normalized spacial score (nSPS) is 32.6. The van der Waals surface area contributed by atoms with Crippen molar-refractivity contribution in [2.24, 2.45) is 5.73 Å². The zero-order valence-corrected chi connectivity index (χ0v) is 8.17. The van der Waals surface area contributed by atoms with Gasteiger partial charge in [-0.3, -0.25) is 0 Å². The minimum atomic E-state index is -0.824. The molecule has 0 aromatic rings. The SMILES string of the molecule is CC1=C(C(=O)O)N2C[C@@H](N)[C@H]2SC1. The predicted octanol–water partition coefficient (Wildman–Crippen LogP) is 0.0608. The van der Waals surface area contributed by atoms with E-state index in [0.29, 0.717) is 12.2 Å². The molecule has 2 heterocycles. The highest BCUT2D eigenvalue weighted by Crippen LogP contribution is 2.37. The molecule has 0 amide bonds. The summed E-state index contributed by atoms with van der Waals surface area (Å²) in [7, 11) is 0. The molecular formula is C8H12N2O2S. The Labute approximate surface area is 80.8 Å². The van der Waals surface area contributed by atoms with Gasteiger partial charge in [0.2, 0.25) is 0 Å². The maximum absolute atomic E-state index is 10.9. The van der Waals surface area contributed by atoms with E-state index in [2.05, 4.69) is 0 Å². The van der Waals surface area contributed by atoms with Crippen LogP contribution in [0.3, 0.4) is 0 Å².